The molecular formula is C10H10ClN3O2S2. The van der Waals surface area contributed by atoms with Gasteiger partial charge in [0, 0.05) is 23.1 Å². The highest BCUT2D eigenvalue weighted by Crippen LogP contribution is 2.38. The van der Waals surface area contributed by atoms with E-state index in [2.05, 4.69) is 10.2 Å². The fraction of sp³-hybridized carbons (Fsp3) is 0.400. The van der Waals surface area contributed by atoms with Gasteiger partial charge in [-0.15, -0.1) is 10.2 Å². The van der Waals surface area contributed by atoms with E-state index in [9.17, 15) is 8.42 Å². The van der Waals surface area contributed by atoms with Gasteiger partial charge in [-0.2, -0.15) is 11.3 Å². The SMILES string of the molecule is O=S(=O)(Cl)c1nnc(Cc2ccsc2)n1C1CC1. The zero-order valence-electron chi connectivity index (χ0n) is 9.28. The first-order valence-corrected chi connectivity index (χ1v) is 8.70. The van der Waals surface area contributed by atoms with Crippen molar-refractivity contribution in [3.63, 3.8) is 0 Å². The van der Waals surface area contributed by atoms with Gasteiger partial charge in [0.2, 0.25) is 0 Å². The minimum absolute atomic E-state index is 0.128. The average molecular weight is 304 g/mol. The summed E-state index contributed by atoms with van der Waals surface area (Å²) in [5.41, 5.74) is 1.10. The van der Waals surface area contributed by atoms with Gasteiger partial charge in [0.1, 0.15) is 5.82 Å². The van der Waals surface area contributed by atoms with Crippen molar-refractivity contribution in [3.05, 3.63) is 28.2 Å². The molecule has 3 rings (SSSR count). The van der Waals surface area contributed by atoms with E-state index in [-0.39, 0.29) is 11.2 Å². The minimum Gasteiger partial charge on any atom is -0.297 e. The second-order valence-corrected chi connectivity index (χ2v) is 7.49. The molecule has 0 unspecified atom stereocenters. The third kappa shape index (κ3) is 2.30. The third-order valence-corrected chi connectivity index (χ3v) is 4.67. The molecule has 0 spiro atoms. The Labute approximate surface area is 113 Å². The van der Waals surface area contributed by atoms with Gasteiger partial charge in [-0.25, -0.2) is 8.42 Å². The van der Waals surface area contributed by atoms with Crippen molar-refractivity contribution in [2.24, 2.45) is 0 Å². The molecule has 0 saturated heterocycles. The number of halogens is 1. The predicted octanol–water partition coefficient (Wildman–Crippen LogP) is 2.19. The molecule has 2 aromatic rings. The van der Waals surface area contributed by atoms with Gasteiger partial charge in [0.25, 0.3) is 14.2 Å². The molecule has 2 aromatic heterocycles. The Morgan fingerprint density at radius 2 is 2.22 bits per heavy atom. The van der Waals surface area contributed by atoms with Gasteiger partial charge in [-0.3, -0.25) is 4.57 Å². The van der Waals surface area contributed by atoms with E-state index < -0.39 is 9.05 Å². The lowest BCUT2D eigenvalue weighted by Crippen LogP contribution is -2.08. The molecule has 1 aliphatic carbocycles. The van der Waals surface area contributed by atoms with Gasteiger partial charge >= 0.3 is 0 Å². The fourth-order valence-electron chi connectivity index (χ4n) is 1.87. The lowest BCUT2D eigenvalue weighted by Gasteiger charge is -2.06. The van der Waals surface area contributed by atoms with Crippen LogP contribution in [0.3, 0.4) is 0 Å². The van der Waals surface area contributed by atoms with E-state index in [0.29, 0.717) is 12.2 Å². The van der Waals surface area contributed by atoms with Crippen LogP contribution >= 0.6 is 22.0 Å². The fourth-order valence-corrected chi connectivity index (χ4v) is 3.48. The monoisotopic (exact) mass is 303 g/mol. The van der Waals surface area contributed by atoms with Gasteiger partial charge in [0.05, 0.1) is 0 Å². The first-order valence-electron chi connectivity index (χ1n) is 5.45. The Balaban J connectivity index is 2.02. The molecule has 0 bridgehead atoms. The van der Waals surface area contributed by atoms with E-state index in [4.69, 9.17) is 10.7 Å². The van der Waals surface area contributed by atoms with E-state index in [1.54, 1.807) is 15.9 Å². The summed E-state index contributed by atoms with van der Waals surface area (Å²) in [5, 5.41) is 11.6. The highest BCUT2D eigenvalue weighted by atomic mass is 35.7. The molecule has 2 heterocycles. The quantitative estimate of drug-likeness (QED) is 0.812. The lowest BCUT2D eigenvalue weighted by molar-refractivity contribution is 0.571. The van der Waals surface area contributed by atoms with Gasteiger partial charge in [0.15, 0.2) is 0 Å². The van der Waals surface area contributed by atoms with Crippen LogP contribution in [-0.2, 0) is 15.5 Å². The van der Waals surface area contributed by atoms with E-state index in [0.717, 1.165) is 18.4 Å². The molecule has 8 heteroatoms. The Bertz CT molecular complexity index is 659. The molecule has 0 N–H and O–H groups in total. The molecule has 1 saturated carbocycles. The molecule has 18 heavy (non-hydrogen) atoms. The molecule has 0 atom stereocenters. The van der Waals surface area contributed by atoms with Crippen LogP contribution in [-0.4, -0.2) is 23.2 Å². The summed E-state index contributed by atoms with van der Waals surface area (Å²) in [6.45, 7) is 0. The summed E-state index contributed by atoms with van der Waals surface area (Å²) < 4.78 is 24.6. The van der Waals surface area contributed by atoms with Crippen molar-refractivity contribution in [2.75, 3.05) is 0 Å². The zero-order valence-corrected chi connectivity index (χ0v) is 11.7. The minimum atomic E-state index is -3.83. The van der Waals surface area contributed by atoms with Crippen LogP contribution in [0.5, 0.6) is 0 Å². The van der Waals surface area contributed by atoms with Gasteiger partial charge < -0.3 is 0 Å². The van der Waals surface area contributed by atoms with E-state index in [1.807, 2.05) is 16.8 Å². The summed E-state index contributed by atoms with van der Waals surface area (Å²) in [6.07, 6.45) is 2.49. The molecule has 0 radical (unpaired) electrons. The van der Waals surface area contributed by atoms with Crippen molar-refractivity contribution >= 4 is 31.1 Å². The van der Waals surface area contributed by atoms with Gasteiger partial charge in [-0.05, 0) is 35.2 Å². The highest BCUT2D eigenvalue weighted by molar-refractivity contribution is 8.13. The highest BCUT2D eigenvalue weighted by Gasteiger charge is 2.33. The number of hydrogen-bond acceptors (Lipinski definition) is 5. The maximum absolute atomic E-state index is 11.4. The third-order valence-electron chi connectivity index (χ3n) is 2.81. The number of nitrogens with zero attached hydrogens (tertiary/aromatic N) is 3. The topological polar surface area (TPSA) is 64.8 Å². The largest absolute Gasteiger partial charge is 0.297 e. The van der Waals surface area contributed by atoms with Crippen molar-refractivity contribution in [1.29, 1.82) is 0 Å². The number of aromatic nitrogens is 3. The van der Waals surface area contributed by atoms with Crippen molar-refractivity contribution < 1.29 is 8.42 Å². The summed E-state index contributed by atoms with van der Waals surface area (Å²) in [7, 11) is 1.55. The molecule has 1 aliphatic rings. The Hall–Kier alpha value is -0.920. The van der Waals surface area contributed by atoms with E-state index in [1.165, 1.54) is 0 Å². The van der Waals surface area contributed by atoms with Crippen molar-refractivity contribution in [1.82, 2.24) is 14.8 Å². The van der Waals surface area contributed by atoms with Gasteiger partial charge in [-0.1, -0.05) is 0 Å². The summed E-state index contributed by atoms with van der Waals surface area (Å²) in [6, 6.07) is 2.17. The Morgan fingerprint density at radius 1 is 1.44 bits per heavy atom. The maximum atomic E-state index is 11.4. The van der Waals surface area contributed by atoms with E-state index >= 15 is 0 Å². The maximum Gasteiger partial charge on any atom is 0.296 e. The first kappa shape index (κ1) is 12.1. The number of hydrogen-bond donors (Lipinski definition) is 0. The van der Waals surface area contributed by atoms with Crippen LogP contribution in [0.1, 0.15) is 30.3 Å². The molecule has 0 aromatic carbocycles. The summed E-state index contributed by atoms with van der Waals surface area (Å²) in [5.74, 6) is 0.662. The Kier molecular flexibility index (Phi) is 2.91. The molecule has 0 amide bonds. The van der Waals surface area contributed by atoms with Crippen LogP contribution in [0, 0.1) is 0 Å². The Morgan fingerprint density at radius 3 is 2.78 bits per heavy atom. The lowest BCUT2D eigenvalue weighted by atomic mass is 10.2. The predicted molar refractivity (Wildman–Crippen MR) is 68.5 cm³/mol. The van der Waals surface area contributed by atoms with Crippen LogP contribution in [0.15, 0.2) is 22.0 Å². The second kappa shape index (κ2) is 4.32. The van der Waals surface area contributed by atoms with Crippen LogP contribution in [0.4, 0.5) is 0 Å². The molecule has 0 aliphatic heterocycles. The van der Waals surface area contributed by atoms with Crippen LogP contribution in [0.2, 0.25) is 0 Å². The van der Waals surface area contributed by atoms with Crippen LogP contribution < -0.4 is 0 Å². The normalized spacial score (nSPS) is 16.1. The molecule has 5 nitrogen and oxygen atoms in total. The second-order valence-electron chi connectivity index (χ2n) is 4.25. The zero-order chi connectivity index (χ0) is 12.8. The number of rotatable bonds is 4. The van der Waals surface area contributed by atoms with Crippen molar-refractivity contribution in [2.45, 2.75) is 30.5 Å². The average Bonchev–Trinajstić information content (AvgIpc) is 2.84. The molecule has 1 fully saturated rings. The molecular weight excluding hydrogens is 294 g/mol. The van der Waals surface area contributed by atoms with Crippen molar-refractivity contribution in [3.8, 4) is 0 Å². The number of thiophene rings is 1. The summed E-state index contributed by atoms with van der Waals surface area (Å²) >= 11 is 1.60. The summed E-state index contributed by atoms with van der Waals surface area (Å²) in [4.78, 5) is 0. The van der Waals surface area contributed by atoms with Crippen LogP contribution in [0.25, 0.3) is 0 Å². The smallest absolute Gasteiger partial charge is 0.296 e. The standard InChI is InChI=1S/C10H10ClN3O2S2/c11-18(15,16)10-13-12-9(14(10)8-1-2-8)5-7-3-4-17-6-7/h3-4,6,8H,1-2,5H2. The first-order chi connectivity index (χ1) is 8.55. The molecule has 96 valence electrons.